The van der Waals surface area contributed by atoms with Gasteiger partial charge in [-0.2, -0.15) is 0 Å². The molecule has 1 heterocycles. The summed E-state index contributed by atoms with van der Waals surface area (Å²) in [6, 6.07) is 3.29. The molecular weight excluding hydrogens is 289 g/mol. The quantitative estimate of drug-likeness (QED) is 0.784. The van der Waals surface area contributed by atoms with Crippen LogP contribution < -0.4 is 4.74 Å². The maximum atomic E-state index is 10.9. The third kappa shape index (κ3) is 3.83. The van der Waals surface area contributed by atoms with Crippen LogP contribution in [0.2, 0.25) is 10.0 Å². The number of aldehydes is 1. The molecule has 1 aromatic carbocycles. The number of morpholine rings is 1. The number of rotatable bonds is 5. The van der Waals surface area contributed by atoms with Gasteiger partial charge in [0.05, 0.1) is 28.8 Å². The minimum Gasteiger partial charge on any atom is -0.491 e. The van der Waals surface area contributed by atoms with E-state index in [0.29, 0.717) is 23.7 Å². The summed E-state index contributed by atoms with van der Waals surface area (Å²) in [5.41, 5.74) is 0.271. The van der Waals surface area contributed by atoms with Crippen LogP contribution in [0.1, 0.15) is 10.4 Å². The Kier molecular flexibility index (Phi) is 5.45. The van der Waals surface area contributed by atoms with E-state index in [0.717, 1.165) is 32.8 Å². The minimum absolute atomic E-state index is 0.268. The maximum absolute atomic E-state index is 10.9. The number of hydrogen-bond donors (Lipinski definition) is 0. The third-order valence-electron chi connectivity index (χ3n) is 2.98. The van der Waals surface area contributed by atoms with Crippen molar-refractivity contribution >= 4 is 29.5 Å². The molecule has 0 atom stereocenters. The minimum atomic E-state index is 0.268. The van der Waals surface area contributed by atoms with Crippen molar-refractivity contribution in [1.29, 1.82) is 0 Å². The van der Waals surface area contributed by atoms with E-state index in [4.69, 9.17) is 32.7 Å². The second-order valence-corrected chi connectivity index (χ2v) is 4.98. The van der Waals surface area contributed by atoms with Crippen molar-refractivity contribution in [3.05, 3.63) is 27.7 Å². The number of nitrogens with zero attached hydrogens (tertiary/aromatic N) is 1. The molecule has 0 radical (unpaired) electrons. The van der Waals surface area contributed by atoms with Gasteiger partial charge in [0.25, 0.3) is 0 Å². The van der Waals surface area contributed by atoms with Crippen molar-refractivity contribution < 1.29 is 14.3 Å². The molecule has 0 saturated carbocycles. The first kappa shape index (κ1) is 14.6. The lowest BCUT2D eigenvalue weighted by atomic mass is 10.2. The van der Waals surface area contributed by atoms with Crippen LogP contribution in [0.5, 0.6) is 5.75 Å². The molecule has 0 unspecified atom stereocenters. The summed E-state index contributed by atoms with van der Waals surface area (Å²) in [6.45, 7) is 4.67. The summed E-state index contributed by atoms with van der Waals surface area (Å²) < 4.78 is 10.9. The molecule has 6 heteroatoms. The van der Waals surface area contributed by atoms with Gasteiger partial charge < -0.3 is 9.47 Å². The Labute approximate surface area is 122 Å². The van der Waals surface area contributed by atoms with E-state index in [1.165, 1.54) is 0 Å². The number of carbonyl (C=O) groups is 1. The SMILES string of the molecule is O=Cc1c(Cl)ccc(OCCN2CCOCC2)c1Cl. The first-order chi connectivity index (χ1) is 9.22. The summed E-state index contributed by atoms with van der Waals surface area (Å²) in [4.78, 5) is 13.1. The molecule has 1 saturated heterocycles. The summed E-state index contributed by atoms with van der Waals surface area (Å²) >= 11 is 11.9. The molecule has 1 aromatic rings. The largest absolute Gasteiger partial charge is 0.491 e. The van der Waals surface area contributed by atoms with Gasteiger partial charge in [0.2, 0.25) is 0 Å². The molecule has 1 aliphatic heterocycles. The van der Waals surface area contributed by atoms with E-state index >= 15 is 0 Å². The molecule has 0 bridgehead atoms. The van der Waals surface area contributed by atoms with Crippen LogP contribution in [-0.4, -0.2) is 50.6 Å². The molecule has 0 aromatic heterocycles. The topological polar surface area (TPSA) is 38.8 Å². The van der Waals surface area contributed by atoms with Gasteiger partial charge in [-0.05, 0) is 12.1 Å². The van der Waals surface area contributed by atoms with E-state index < -0.39 is 0 Å². The normalized spacial score (nSPS) is 16.3. The molecule has 1 aliphatic rings. The predicted octanol–water partition coefficient (Wildman–Crippen LogP) is 2.52. The Bertz CT molecular complexity index is 448. The van der Waals surface area contributed by atoms with Crippen LogP contribution >= 0.6 is 23.2 Å². The Morgan fingerprint density at radius 3 is 2.74 bits per heavy atom. The highest BCUT2D eigenvalue weighted by molar-refractivity contribution is 6.39. The Balaban J connectivity index is 1.90. The fourth-order valence-electron chi connectivity index (χ4n) is 1.88. The predicted molar refractivity (Wildman–Crippen MR) is 74.6 cm³/mol. The van der Waals surface area contributed by atoms with Crippen molar-refractivity contribution in [1.82, 2.24) is 4.90 Å². The molecule has 0 amide bonds. The number of benzene rings is 1. The van der Waals surface area contributed by atoms with Crippen molar-refractivity contribution in [2.45, 2.75) is 0 Å². The average molecular weight is 304 g/mol. The smallest absolute Gasteiger partial charge is 0.153 e. The summed E-state index contributed by atoms with van der Waals surface area (Å²) in [5, 5.41) is 0.602. The highest BCUT2D eigenvalue weighted by atomic mass is 35.5. The lowest BCUT2D eigenvalue weighted by molar-refractivity contribution is 0.0322. The van der Waals surface area contributed by atoms with Crippen LogP contribution in [0.4, 0.5) is 0 Å². The van der Waals surface area contributed by atoms with Crippen molar-refractivity contribution in [3.8, 4) is 5.75 Å². The van der Waals surface area contributed by atoms with Crippen LogP contribution in [-0.2, 0) is 4.74 Å². The fraction of sp³-hybridized carbons (Fsp3) is 0.462. The number of carbonyl (C=O) groups excluding carboxylic acids is 1. The zero-order chi connectivity index (χ0) is 13.7. The van der Waals surface area contributed by atoms with Crippen LogP contribution in [0.3, 0.4) is 0 Å². The Morgan fingerprint density at radius 1 is 1.32 bits per heavy atom. The van der Waals surface area contributed by atoms with Gasteiger partial charge in [-0.25, -0.2) is 0 Å². The number of halogens is 2. The molecule has 0 spiro atoms. The number of hydrogen-bond acceptors (Lipinski definition) is 4. The summed E-state index contributed by atoms with van der Waals surface area (Å²) in [6.07, 6.45) is 0.638. The molecule has 0 aliphatic carbocycles. The standard InChI is InChI=1S/C13H15Cl2NO3/c14-11-1-2-12(13(15)10(11)9-17)19-8-5-16-3-6-18-7-4-16/h1-2,9H,3-8H2. The highest BCUT2D eigenvalue weighted by Crippen LogP contribution is 2.32. The molecule has 4 nitrogen and oxygen atoms in total. The van der Waals surface area contributed by atoms with Gasteiger partial charge in [0.1, 0.15) is 12.4 Å². The van der Waals surface area contributed by atoms with E-state index in [1.54, 1.807) is 12.1 Å². The molecule has 104 valence electrons. The second-order valence-electron chi connectivity index (χ2n) is 4.19. The molecule has 19 heavy (non-hydrogen) atoms. The summed E-state index contributed by atoms with van der Waals surface area (Å²) in [5.74, 6) is 0.487. The van der Waals surface area contributed by atoms with E-state index in [9.17, 15) is 4.79 Å². The highest BCUT2D eigenvalue weighted by Gasteiger charge is 2.13. The number of ether oxygens (including phenoxy) is 2. The van der Waals surface area contributed by atoms with Crippen molar-refractivity contribution in [2.75, 3.05) is 39.5 Å². The maximum Gasteiger partial charge on any atom is 0.153 e. The van der Waals surface area contributed by atoms with Gasteiger partial charge in [-0.15, -0.1) is 0 Å². The van der Waals surface area contributed by atoms with Gasteiger partial charge in [-0.1, -0.05) is 23.2 Å². The van der Waals surface area contributed by atoms with Crippen molar-refractivity contribution in [2.24, 2.45) is 0 Å². The first-order valence-electron chi connectivity index (χ1n) is 6.08. The van der Waals surface area contributed by atoms with E-state index in [1.807, 2.05) is 0 Å². The van der Waals surface area contributed by atoms with E-state index in [2.05, 4.69) is 4.90 Å². The molecule has 2 rings (SSSR count). The lowest BCUT2D eigenvalue weighted by Crippen LogP contribution is -2.38. The van der Waals surface area contributed by atoms with Crippen LogP contribution in [0.25, 0.3) is 0 Å². The van der Waals surface area contributed by atoms with Gasteiger partial charge >= 0.3 is 0 Å². The van der Waals surface area contributed by atoms with Crippen LogP contribution in [0, 0.1) is 0 Å². The van der Waals surface area contributed by atoms with E-state index in [-0.39, 0.29) is 10.6 Å². The van der Waals surface area contributed by atoms with Gasteiger partial charge in [-0.3, -0.25) is 9.69 Å². The molecular formula is C13H15Cl2NO3. The monoisotopic (exact) mass is 303 g/mol. The zero-order valence-corrected chi connectivity index (χ0v) is 11.9. The third-order valence-corrected chi connectivity index (χ3v) is 3.70. The first-order valence-corrected chi connectivity index (χ1v) is 6.84. The summed E-state index contributed by atoms with van der Waals surface area (Å²) in [7, 11) is 0. The second kappa shape index (κ2) is 7.10. The molecule has 1 fully saturated rings. The lowest BCUT2D eigenvalue weighted by Gasteiger charge is -2.26. The fourth-order valence-corrected chi connectivity index (χ4v) is 2.39. The van der Waals surface area contributed by atoms with Gasteiger partial charge in [0.15, 0.2) is 6.29 Å². The van der Waals surface area contributed by atoms with Crippen LogP contribution in [0.15, 0.2) is 12.1 Å². The average Bonchev–Trinajstić information content (AvgIpc) is 2.43. The van der Waals surface area contributed by atoms with Crippen molar-refractivity contribution in [3.63, 3.8) is 0 Å². The molecule has 0 N–H and O–H groups in total. The Hall–Kier alpha value is -0.810. The Morgan fingerprint density at radius 2 is 2.05 bits per heavy atom. The zero-order valence-electron chi connectivity index (χ0n) is 10.4. The van der Waals surface area contributed by atoms with Gasteiger partial charge in [0, 0.05) is 19.6 Å².